The van der Waals surface area contributed by atoms with Gasteiger partial charge in [0.15, 0.2) is 11.5 Å². The number of nitrogens with zero attached hydrogens (tertiary/aromatic N) is 1. The van der Waals surface area contributed by atoms with Crippen molar-refractivity contribution < 1.29 is 18.1 Å². The maximum atomic E-state index is 13.3. The highest BCUT2D eigenvalue weighted by molar-refractivity contribution is 7.85. The van der Waals surface area contributed by atoms with Crippen molar-refractivity contribution in [2.24, 2.45) is 0 Å². The molecule has 0 saturated carbocycles. The zero-order chi connectivity index (χ0) is 21.1. The number of aryl methyl sites for hydroxylation is 1. The zero-order valence-electron chi connectivity index (χ0n) is 17.6. The molecule has 158 valence electrons. The van der Waals surface area contributed by atoms with Gasteiger partial charge < -0.3 is 13.9 Å². The third kappa shape index (κ3) is 4.30. The van der Waals surface area contributed by atoms with Crippen LogP contribution in [0.1, 0.15) is 28.5 Å². The summed E-state index contributed by atoms with van der Waals surface area (Å²) in [6, 6.07) is 15.9. The van der Waals surface area contributed by atoms with Gasteiger partial charge in [0, 0.05) is 23.2 Å². The molecule has 1 aliphatic heterocycles. The predicted octanol–water partition coefficient (Wildman–Crippen LogP) is 4.51. The second kappa shape index (κ2) is 9.06. The smallest absolute Gasteiger partial charge is 0.161 e. The number of benzene rings is 2. The fraction of sp³-hybridized carbons (Fsp3) is 0.333. The molecule has 0 radical (unpaired) electrons. The van der Waals surface area contributed by atoms with Gasteiger partial charge in [-0.1, -0.05) is 17.7 Å². The highest BCUT2D eigenvalue weighted by Gasteiger charge is 2.31. The molecule has 1 aliphatic rings. The predicted molar refractivity (Wildman–Crippen MR) is 118 cm³/mol. The van der Waals surface area contributed by atoms with E-state index < -0.39 is 10.8 Å². The van der Waals surface area contributed by atoms with Gasteiger partial charge in [-0.05, 0) is 60.9 Å². The first-order chi connectivity index (χ1) is 14.6. The monoisotopic (exact) mass is 425 g/mol. The van der Waals surface area contributed by atoms with Crippen LogP contribution in [-0.4, -0.2) is 35.6 Å². The number of hydrogen-bond donors (Lipinski definition) is 0. The van der Waals surface area contributed by atoms with Crippen molar-refractivity contribution in [3.63, 3.8) is 0 Å². The van der Waals surface area contributed by atoms with E-state index in [1.165, 1.54) is 5.56 Å². The first-order valence-corrected chi connectivity index (χ1v) is 11.4. The maximum Gasteiger partial charge on any atom is 0.161 e. The van der Waals surface area contributed by atoms with Crippen LogP contribution < -0.4 is 9.47 Å². The summed E-state index contributed by atoms with van der Waals surface area (Å²) in [6.07, 6.45) is 2.59. The molecule has 4 rings (SSSR count). The third-order valence-corrected chi connectivity index (χ3v) is 7.06. The normalized spacial score (nSPS) is 17.4. The van der Waals surface area contributed by atoms with Crippen molar-refractivity contribution in [3.05, 3.63) is 77.2 Å². The van der Waals surface area contributed by atoms with Crippen LogP contribution in [0.3, 0.4) is 0 Å². The lowest BCUT2D eigenvalue weighted by molar-refractivity contribution is 0.177. The highest BCUT2D eigenvalue weighted by atomic mass is 32.2. The Morgan fingerprint density at radius 3 is 2.50 bits per heavy atom. The number of fused-ring (bicyclic) bond motifs is 1. The molecule has 0 fully saturated rings. The Labute approximate surface area is 180 Å². The fourth-order valence-electron chi connectivity index (χ4n) is 4.00. The molecule has 1 aromatic heterocycles. The molecule has 2 aromatic carbocycles. The van der Waals surface area contributed by atoms with Crippen molar-refractivity contribution in [1.82, 2.24) is 4.90 Å². The lowest BCUT2D eigenvalue weighted by atomic mass is 9.92. The SMILES string of the molecule is COc1cc2c(cc1OC)[C@@H](C[S@@](=O)c1ccc(C)cc1)N(Cc1ccco1)CC2. The minimum Gasteiger partial charge on any atom is -0.493 e. The average Bonchev–Trinajstić information content (AvgIpc) is 3.28. The molecule has 30 heavy (non-hydrogen) atoms. The maximum absolute atomic E-state index is 13.3. The molecular formula is C24H27NO4S. The van der Waals surface area contributed by atoms with Crippen molar-refractivity contribution in [1.29, 1.82) is 0 Å². The van der Waals surface area contributed by atoms with E-state index in [0.29, 0.717) is 18.0 Å². The van der Waals surface area contributed by atoms with Crippen LogP contribution in [0.25, 0.3) is 0 Å². The minimum absolute atomic E-state index is 0.0132. The Morgan fingerprint density at radius 2 is 1.83 bits per heavy atom. The van der Waals surface area contributed by atoms with Crippen molar-refractivity contribution in [2.75, 3.05) is 26.5 Å². The zero-order valence-corrected chi connectivity index (χ0v) is 18.4. The van der Waals surface area contributed by atoms with Crippen molar-refractivity contribution >= 4 is 10.8 Å². The summed E-state index contributed by atoms with van der Waals surface area (Å²) < 4.78 is 29.9. The molecule has 5 nitrogen and oxygen atoms in total. The Hall–Kier alpha value is -2.57. The van der Waals surface area contributed by atoms with Gasteiger partial charge >= 0.3 is 0 Å². The molecule has 0 unspecified atom stereocenters. The lowest BCUT2D eigenvalue weighted by Crippen LogP contribution is -2.37. The number of rotatable bonds is 7. The molecule has 0 bridgehead atoms. The van der Waals surface area contributed by atoms with Crippen molar-refractivity contribution in [2.45, 2.75) is 30.8 Å². The molecule has 0 amide bonds. The van der Waals surface area contributed by atoms with Gasteiger partial charge in [-0.3, -0.25) is 9.11 Å². The van der Waals surface area contributed by atoms with E-state index in [1.807, 2.05) is 49.4 Å². The molecule has 6 heteroatoms. The highest BCUT2D eigenvalue weighted by Crippen LogP contribution is 2.39. The van der Waals surface area contributed by atoms with Gasteiger partial charge in [-0.2, -0.15) is 0 Å². The van der Waals surface area contributed by atoms with E-state index in [1.54, 1.807) is 20.5 Å². The van der Waals surface area contributed by atoms with Crippen LogP contribution in [-0.2, 0) is 23.8 Å². The molecule has 2 heterocycles. The van der Waals surface area contributed by atoms with Crippen molar-refractivity contribution in [3.8, 4) is 11.5 Å². The van der Waals surface area contributed by atoms with Crippen LogP contribution in [0.4, 0.5) is 0 Å². The van der Waals surface area contributed by atoms with Gasteiger partial charge in [0.2, 0.25) is 0 Å². The van der Waals surface area contributed by atoms with Gasteiger partial charge in [0.05, 0.1) is 37.8 Å². The van der Waals surface area contributed by atoms with Crippen LogP contribution in [0.5, 0.6) is 11.5 Å². The molecule has 0 spiro atoms. The largest absolute Gasteiger partial charge is 0.493 e. The lowest BCUT2D eigenvalue weighted by Gasteiger charge is -2.37. The van der Waals surface area contributed by atoms with Crippen LogP contribution in [0, 0.1) is 6.92 Å². The molecule has 0 N–H and O–H groups in total. The summed E-state index contributed by atoms with van der Waals surface area (Å²) in [6.45, 7) is 3.57. The van der Waals surface area contributed by atoms with E-state index >= 15 is 0 Å². The first-order valence-electron chi connectivity index (χ1n) is 10.1. The second-order valence-corrected chi connectivity index (χ2v) is 9.04. The van der Waals surface area contributed by atoms with E-state index in [0.717, 1.165) is 40.5 Å². The number of methoxy groups -OCH3 is 2. The molecule has 2 atom stereocenters. The summed E-state index contributed by atoms with van der Waals surface area (Å²) in [5.74, 6) is 2.84. The second-order valence-electron chi connectivity index (χ2n) is 7.55. The molecular weight excluding hydrogens is 398 g/mol. The molecule has 3 aromatic rings. The summed E-state index contributed by atoms with van der Waals surface area (Å²) >= 11 is 0. The quantitative estimate of drug-likeness (QED) is 0.557. The van der Waals surface area contributed by atoms with Crippen LogP contribution >= 0.6 is 0 Å². The summed E-state index contributed by atoms with van der Waals surface area (Å²) in [5, 5.41) is 0. The summed E-state index contributed by atoms with van der Waals surface area (Å²) in [5.41, 5.74) is 3.52. The topological polar surface area (TPSA) is 51.9 Å². The van der Waals surface area contributed by atoms with Gasteiger partial charge in [-0.15, -0.1) is 0 Å². The number of ether oxygens (including phenoxy) is 2. The average molecular weight is 426 g/mol. The van der Waals surface area contributed by atoms with E-state index in [-0.39, 0.29) is 6.04 Å². The molecule has 0 aliphatic carbocycles. The number of hydrogen-bond acceptors (Lipinski definition) is 5. The summed E-state index contributed by atoms with van der Waals surface area (Å²) in [4.78, 5) is 3.20. The van der Waals surface area contributed by atoms with Gasteiger partial charge in [-0.25, -0.2) is 0 Å². The van der Waals surface area contributed by atoms with E-state index in [2.05, 4.69) is 11.0 Å². The fourth-order valence-corrected chi connectivity index (χ4v) is 5.31. The van der Waals surface area contributed by atoms with E-state index in [4.69, 9.17) is 13.9 Å². The minimum atomic E-state index is -1.13. The summed E-state index contributed by atoms with van der Waals surface area (Å²) in [7, 11) is 2.17. The van der Waals surface area contributed by atoms with Crippen LogP contribution in [0.15, 0.2) is 64.1 Å². The van der Waals surface area contributed by atoms with Crippen LogP contribution in [0.2, 0.25) is 0 Å². The Balaban J connectivity index is 1.69. The molecule has 0 saturated heterocycles. The Morgan fingerprint density at radius 1 is 1.10 bits per heavy atom. The first kappa shape index (κ1) is 20.7. The van der Waals surface area contributed by atoms with Gasteiger partial charge in [0.25, 0.3) is 0 Å². The standard InChI is InChI=1S/C24H27NO4S/c1-17-6-8-20(9-7-17)30(26)16-22-21-14-24(28-3)23(27-2)13-18(21)10-11-25(22)15-19-5-4-12-29-19/h4-9,12-14,22H,10-11,15-16H2,1-3H3/t22-,30-/m1/s1. The Bertz CT molecular complexity index is 1010. The number of furan rings is 1. The third-order valence-electron chi connectivity index (χ3n) is 5.65. The Kier molecular flexibility index (Phi) is 6.25. The van der Waals surface area contributed by atoms with E-state index in [9.17, 15) is 4.21 Å². The van der Waals surface area contributed by atoms with Gasteiger partial charge in [0.1, 0.15) is 5.76 Å².